The van der Waals surface area contributed by atoms with Gasteiger partial charge in [0.2, 0.25) is 6.23 Å². The maximum atomic E-state index is 13.0. The molecule has 2 aliphatic heterocycles. The van der Waals surface area contributed by atoms with E-state index in [4.69, 9.17) is 16.4 Å². The van der Waals surface area contributed by atoms with Gasteiger partial charge in [0.25, 0.3) is 0 Å². The first-order chi connectivity index (χ1) is 17.0. The van der Waals surface area contributed by atoms with Crippen LogP contribution in [-0.2, 0) is 22.2 Å². The molecule has 5 rings (SSSR count). The zero-order valence-electron chi connectivity index (χ0n) is 19.6. The third kappa shape index (κ3) is 4.70. The number of halogens is 4. The maximum Gasteiger partial charge on any atom is 0.416 e. The van der Waals surface area contributed by atoms with Crippen LogP contribution in [-0.4, -0.2) is 24.9 Å². The third-order valence-electron chi connectivity index (χ3n) is 6.34. The molecule has 0 amide bonds. The van der Waals surface area contributed by atoms with Gasteiger partial charge in [-0.05, 0) is 71.0 Å². The number of hydrogen-bond donors (Lipinski definition) is 1. The number of rotatable bonds is 4. The lowest BCUT2D eigenvalue weighted by Crippen LogP contribution is -2.37. The average molecular weight is 514 g/mol. The molecule has 0 saturated heterocycles. The van der Waals surface area contributed by atoms with Crippen molar-refractivity contribution in [2.45, 2.75) is 32.7 Å². The first kappa shape index (κ1) is 24.3. The number of benzene rings is 3. The number of hydroxylamine groups is 1. The number of carbonyl (C=O) groups is 1. The van der Waals surface area contributed by atoms with Gasteiger partial charge in [0.05, 0.1) is 10.6 Å². The van der Waals surface area contributed by atoms with E-state index in [9.17, 15) is 18.0 Å². The third-order valence-corrected chi connectivity index (χ3v) is 6.65. The molecule has 0 spiro atoms. The number of anilines is 2. The summed E-state index contributed by atoms with van der Waals surface area (Å²) in [6, 6.07) is 16.8. The zero-order chi connectivity index (χ0) is 25.7. The van der Waals surface area contributed by atoms with Gasteiger partial charge in [0.15, 0.2) is 12.1 Å². The van der Waals surface area contributed by atoms with Crippen molar-refractivity contribution in [2.75, 3.05) is 11.4 Å². The first-order valence-electron chi connectivity index (χ1n) is 11.4. The minimum atomic E-state index is -4.36. The molecule has 1 N–H and O–H groups in total. The molecule has 0 bridgehead atoms. The Labute approximate surface area is 211 Å². The van der Waals surface area contributed by atoms with Crippen molar-refractivity contribution < 1.29 is 22.8 Å². The fourth-order valence-electron chi connectivity index (χ4n) is 4.68. The van der Waals surface area contributed by atoms with Crippen LogP contribution in [0.4, 0.5) is 24.5 Å². The molecule has 0 saturated carbocycles. The summed E-state index contributed by atoms with van der Waals surface area (Å²) in [6.07, 6.45) is -3.85. The molecule has 186 valence electrons. The molecule has 0 aromatic heterocycles. The van der Waals surface area contributed by atoms with Gasteiger partial charge in [-0.2, -0.15) is 13.2 Å². The molecule has 2 aliphatic rings. The van der Waals surface area contributed by atoms with Crippen LogP contribution in [0.15, 0.2) is 65.7 Å². The fourth-order valence-corrected chi connectivity index (χ4v) is 4.94. The van der Waals surface area contributed by atoms with Crippen LogP contribution in [0.3, 0.4) is 0 Å². The Hall–Kier alpha value is -3.36. The predicted molar refractivity (Wildman–Crippen MR) is 133 cm³/mol. The van der Waals surface area contributed by atoms with Gasteiger partial charge >= 0.3 is 6.18 Å². The second kappa shape index (κ2) is 8.94. The number of fused-ring (bicyclic) bond motifs is 1. The second-order valence-corrected chi connectivity index (χ2v) is 10.1. The van der Waals surface area contributed by atoms with Gasteiger partial charge < -0.3 is 4.90 Å². The summed E-state index contributed by atoms with van der Waals surface area (Å²) in [4.78, 5) is 22.3. The lowest BCUT2D eigenvalue weighted by Gasteiger charge is -2.41. The molecule has 36 heavy (non-hydrogen) atoms. The normalized spacial score (nSPS) is 18.9. The van der Waals surface area contributed by atoms with Crippen molar-refractivity contribution in [1.82, 2.24) is 5.48 Å². The van der Waals surface area contributed by atoms with Crippen LogP contribution in [0, 0.1) is 5.41 Å². The molecule has 0 radical (unpaired) electrons. The fraction of sp³-hybridized carbons (Fsp3) is 0.259. The molecular weight excluding hydrogens is 491 g/mol. The lowest BCUT2D eigenvalue weighted by atomic mass is 9.80. The summed E-state index contributed by atoms with van der Waals surface area (Å²) in [5, 5.41) is 0.459. The van der Waals surface area contributed by atoms with Crippen LogP contribution in [0.5, 0.6) is 0 Å². The average Bonchev–Trinajstić information content (AvgIpc) is 3.31. The van der Waals surface area contributed by atoms with E-state index in [1.807, 2.05) is 30.3 Å². The van der Waals surface area contributed by atoms with Crippen LogP contribution < -0.4 is 10.4 Å². The number of hydrogen-bond acceptors (Lipinski definition) is 5. The van der Waals surface area contributed by atoms with Crippen molar-refractivity contribution in [2.24, 2.45) is 10.4 Å². The number of nitrogens with one attached hydrogen (secondary N) is 1. The van der Waals surface area contributed by atoms with Gasteiger partial charge in [-0.3, -0.25) is 4.79 Å². The highest BCUT2D eigenvalue weighted by Gasteiger charge is 2.32. The summed E-state index contributed by atoms with van der Waals surface area (Å²) in [7, 11) is 0. The molecule has 2 heterocycles. The van der Waals surface area contributed by atoms with Crippen LogP contribution in [0.1, 0.15) is 30.5 Å². The number of alkyl halides is 3. The molecule has 0 fully saturated rings. The Morgan fingerprint density at radius 1 is 1.08 bits per heavy atom. The minimum Gasteiger partial charge on any atom is -0.341 e. The molecule has 5 nitrogen and oxygen atoms in total. The van der Waals surface area contributed by atoms with Gasteiger partial charge in [-0.15, -0.1) is 0 Å². The van der Waals surface area contributed by atoms with Crippen LogP contribution in [0.25, 0.3) is 11.1 Å². The molecule has 3 aromatic carbocycles. The smallest absolute Gasteiger partial charge is 0.341 e. The monoisotopic (exact) mass is 513 g/mol. The highest BCUT2D eigenvalue weighted by molar-refractivity contribution is 6.34. The Morgan fingerprint density at radius 3 is 2.44 bits per heavy atom. The topological polar surface area (TPSA) is 53.9 Å². The van der Waals surface area contributed by atoms with E-state index in [1.54, 1.807) is 0 Å². The second-order valence-electron chi connectivity index (χ2n) is 9.73. The van der Waals surface area contributed by atoms with Gasteiger partial charge in [-0.25, -0.2) is 15.3 Å². The van der Waals surface area contributed by atoms with Gasteiger partial charge in [0.1, 0.15) is 0 Å². The van der Waals surface area contributed by atoms with E-state index in [2.05, 4.69) is 35.3 Å². The largest absolute Gasteiger partial charge is 0.416 e. The quantitative estimate of drug-likeness (QED) is 0.402. The summed E-state index contributed by atoms with van der Waals surface area (Å²) in [5.41, 5.74) is 7.16. The number of amidine groups is 1. The molecule has 3 aromatic rings. The van der Waals surface area contributed by atoms with Crippen LogP contribution >= 0.6 is 11.6 Å². The summed E-state index contributed by atoms with van der Waals surface area (Å²) in [5.74, 6) is 0.393. The Kier molecular flexibility index (Phi) is 6.04. The molecule has 0 aliphatic carbocycles. The van der Waals surface area contributed by atoms with Gasteiger partial charge in [-0.1, -0.05) is 43.6 Å². The summed E-state index contributed by atoms with van der Waals surface area (Å²) in [6.45, 7) is 5.11. The lowest BCUT2D eigenvalue weighted by molar-refractivity contribution is -0.137. The summed E-state index contributed by atoms with van der Waals surface area (Å²) < 4.78 is 38.9. The van der Waals surface area contributed by atoms with Crippen molar-refractivity contribution in [3.63, 3.8) is 0 Å². The molecule has 1 unspecified atom stereocenters. The Bertz CT molecular complexity index is 1350. The first-order valence-corrected chi connectivity index (χ1v) is 11.7. The summed E-state index contributed by atoms with van der Waals surface area (Å²) >= 11 is 6.60. The van der Waals surface area contributed by atoms with E-state index in [0.29, 0.717) is 22.7 Å². The predicted octanol–water partition coefficient (Wildman–Crippen LogP) is 6.55. The van der Waals surface area contributed by atoms with E-state index in [-0.39, 0.29) is 5.41 Å². The van der Waals surface area contributed by atoms with E-state index in [0.717, 1.165) is 53.2 Å². The van der Waals surface area contributed by atoms with Gasteiger partial charge in [0, 0.05) is 23.5 Å². The number of aldehydes is 1. The Balaban J connectivity index is 1.48. The minimum absolute atomic E-state index is 0.0565. The van der Waals surface area contributed by atoms with E-state index in [1.165, 1.54) is 12.1 Å². The SMILES string of the molecule is CC1(C)Cc2cc(-c3ccc(C(F)(F)F)cc3)ccc2N(c2ccc(C3=NC(C=O)ON3)c(Cl)c2)C1. The van der Waals surface area contributed by atoms with E-state index >= 15 is 0 Å². The molecular formula is C27H23ClF3N3O2. The Morgan fingerprint density at radius 2 is 1.81 bits per heavy atom. The standard InChI is InChI=1S/C27H23ClF3N3O2/c1-26(2)13-18-11-17(16-3-6-19(7-4-16)27(29,30)31)5-10-23(18)34(15-26)20-8-9-21(22(28)12-20)25-32-24(14-35)36-33-25/h3-12,14,24H,13,15H2,1-2H3,(H,32,33). The van der Waals surface area contributed by atoms with Crippen molar-refractivity contribution in [1.29, 1.82) is 0 Å². The van der Waals surface area contributed by atoms with Crippen molar-refractivity contribution >= 4 is 35.1 Å². The van der Waals surface area contributed by atoms with Crippen molar-refractivity contribution in [3.8, 4) is 11.1 Å². The van der Waals surface area contributed by atoms with E-state index < -0.39 is 18.0 Å². The maximum absolute atomic E-state index is 13.0. The highest BCUT2D eigenvalue weighted by Crippen LogP contribution is 2.43. The zero-order valence-corrected chi connectivity index (χ0v) is 20.3. The number of nitrogens with zero attached hydrogens (tertiary/aromatic N) is 2. The van der Waals surface area contributed by atoms with Crippen LogP contribution in [0.2, 0.25) is 5.02 Å². The highest BCUT2D eigenvalue weighted by atomic mass is 35.5. The number of carbonyl (C=O) groups excluding carboxylic acids is 1. The van der Waals surface area contributed by atoms with Crippen molar-refractivity contribution in [3.05, 3.63) is 82.4 Å². The molecule has 9 heteroatoms. The number of aliphatic imine (C=N–C) groups is 1. The molecule has 1 atom stereocenters.